The Balaban J connectivity index is 1.40. The molecule has 0 radical (unpaired) electrons. The van der Waals surface area contributed by atoms with Crippen LogP contribution in [0.3, 0.4) is 0 Å². The molecule has 2 atom stereocenters. The van der Waals surface area contributed by atoms with Crippen LogP contribution in [0, 0.1) is 17.8 Å². The van der Waals surface area contributed by atoms with Crippen molar-refractivity contribution in [1.82, 2.24) is 19.8 Å². The van der Waals surface area contributed by atoms with Crippen LogP contribution in [-0.2, 0) is 23.8 Å². The highest BCUT2D eigenvalue weighted by atomic mass is 19.4. The second-order valence-electron chi connectivity index (χ2n) is 12.9. The maximum Gasteiger partial charge on any atom is 0.419 e. The van der Waals surface area contributed by atoms with E-state index in [0.717, 1.165) is 43.3 Å². The predicted octanol–water partition coefficient (Wildman–Crippen LogP) is 6.73. The van der Waals surface area contributed by atoms with Crippen molar-refractivity contribution in [3.63, 3.8) is 0 Å². The maximum atomic E-state index is 14.2. The minimum Gasteiger partial charge on any atom is -0.495 e. The molecule has 8 nitrogen and oxygen atoms in total. The van der Waals surface area contributed by atoms with Gasteiger partial charge in [-0.05, 0) is 87.0 Å². The lowest BCUT2D eigenvalue weighted by atomic mass is 9.90. The van der Waals surface area contributed by atoms with Gasteiger partial charge in [0.05, 0.1) is 30.1 Å². The number of carbonyl (C=O) groups excluding carboxylic acids is 2. The van der Waals surface area contributed by atoms with Gasteiger partial charge >= 0.3 is 6.18 Å². The second-order valence-corrected chi connectivity index (χ2v) is 12.9. The Morgan fingerprint density at radius 3 is 2.52 bits per heavy atom. The average molecular weight is 638 g/mol. The van der Waals surface area contributed by atoms with Crippen molar-refractivity contribution >= 4 is 23.3 Å². The molecule has 1 aliphatic heterocycles. The molecule has 5 rings (SSSR count). The summed E-state index contributed by atoms with van der Waals surface area (Å²) in [6.07, 6.45) is -0.947. The summed E-state index contributed by atoms with van der Waals surface area (Å²) in [6.45, 7) is 5.57. The number of nitrogens with zero attached hydrogens (tertiary/aromatic N) is 4. The first-order valence-corrected chi connectivity index (χ1v) is 15.8. The van der Waals surface area contributed by atoms with Crippen LogP contribution < -0.4 is 10.1 Å². The molecule has 2 heterocycles. The van der Waals surface area contributed by atoms with Gasteiger partial charge in [-0.1, -0.05) is 38.1 Å². The third kappa shape index (κ3) is 7.35. The Labute approximate surface area is 268 Å². The molecule has 0 spiro atoms. The standard InChI is InChI=1S/C35H42F3N5O3/c1-21(2)33(45)43(4)32-25(17-23-8-6-7-9-26(23)32)18-29-27(35(36,37)38)20-39-34(41-29)40-28-11-10-24(19-31(28)46-5)30(44)16-22-12-14-42(3)15-13-22/h6-11,19-22,25,32H,12-18H2,1-5H3,(H,39,40,41)/t25-,32-/m0/s1. The maximum absolute atomic E-state index is 14.2. The number of hydrogen-bond donors (Lipinski definition) is 1. The zero-order valence-corrected chi connectivity index (χ0v) is 27.0. The number of piperidine rings is 1. The van der Waals surface area contributed by atoms with E-state index in [1.165, 1.54) is 7.11 Å². The highest BCUT2D eigenvalue weighted by Gasteiger charge is 2.41. The van der Waals surface area contributed by atoms with E-state index in [9.17, 15) is 22.8 Å². The summed E-state index contributed by atoms with van der Waals surface area (Å²) >= 11 is 0. The number of fused-ring (bicyclic) bond motifs is 1. The topological polar surface area (TPSA) is 87.7 Å². The number of amides is 1. The number of likely N-dealkylation sites (tertiary alicyclic amines) is 1. The Morgan fingerprint density at radius 1 is 1.13 bits per heavy atom. The van der Waals surface area contributed by atoms with Gasteiger partial charge in [0.2, 0.25) is 11.9 Å². The monoisotopic (exact) mass is 637 g/mol. The number of carbonyl (C=O) groups is 2. The third-order valence-corrected chi connectivity index (χ3v) is 9.27. The van der Waals surface area contributed by atoms with Crippen molar-refractivity contribution in [3.05, 3.63) is 76.6 Å². The van der Waals surface area contributed by atoms with Crippen LogP contribution in [0.25, 0.3) is 0 Å². The first-order valence-electron chi connectivity index (χ1n) is 15.8. The van der Waals surface area contributed by atoms with Gasteiger partial charge in [-0.3, -0.25) is 9.59 Å². The van der Waals surface area contributed by atoms with E-state index in [2.05, 4.69) is 27.2 Å². The van der Waals surface area contributed by atoms with Crippen LogP contribution in [0.4, 0.5) is 24.8 Å². The van der Waals surface area contributed by atoms with Gasteiger partial charge in [0.15, 0.2) is 5.78 Å². The molecule has 1 aliphatic carbocycles. The van der Waals surface area contributed by atoms with E-state index in [-0.39, 0.29) is 41.6 Å². The number of alkyl halides is 3. The number of rotatable bonds is 10. The summed E-state index contributed by atoms with van der Waals surface area (Å²) in [7, 11) is 5.27. The largest absolute Gasteiger partial charge is 0.495 e. The van der Waals surface area contributed by atoms with Crippen molar-refractivity contribution in [2.24, 2.45) is 17.8 Å². The molecular formula is C35H42F3N5O3. The minimum absolute atomic E-state index is 0.0113. The van der Waals surface area contributed by atoms with E-state index < -0.39 is 17.8 Å². The van der Waals surface area contributed by atoms with Gasteiger partial charge in [-0.15, -0.1) is 0 Å². The summed E-state index contributed by atoms with van der Waals surface area (Å²) in [4.78, 5) is 38.4. The molecule has 46 heavy (non-hydrogen) atoms. The molecule has 1 aromatic heterocycles. The molecule has 2 aliphatic rings. The highest BCUT2D eigenvalue weighted by Crippen LogP contribution is 2.43. The summed E-state index contributed by atoms with van der Waals surface area (Å²) in [5.74, 6) is 0.0451. The Morgan fingerprint density at radius 2 is 1.85 bits per heavy atom. The zero-order chi connectivity index (χ0) is 33.2. The number of halogens is 3. The Bertz CT molecular complexity index is 1570. The third-order valence-electron chi connectivity index (χ3n) is 9.27. The normalized spacial score (nSPS) is 18.8. The molecule has 246 valence electrons. The number of nitrogens with one attached hydrogen (secondary N) is 1. The summed E-state index contributed by atoms with van der Waals surface area (Å²) in [5, 5.41) is 3.01. The zero-order valence-electron chi connectivity index (χ0n) is 27.0. The number of hydrogen-bond acceptors (Lipinski definition) is 7. The summed E-state index contributed by atoms with van der Waals surface area (Å²) < 4.78 is 48.3. The molecule has 0 bridgehead atoms. The lowest BCUT2D eigenvalue weighted by Crippen LogP contribution is -2.37. The quantitative estimate of drug-likeness (QED) is 0.247. The van der Waals surface area contributed by atoms with Gasteiger partial charge in [0, 0.05) is 31.1 Å². The molecule has 0 saturated carbocycles. The van der Waals surface area contributed by atoms with E-state index in [1.807, 2.05) is 38.1 Å². The van der Waals surface area contributed by atoms with Gasteiger partial charge < -0.3 is 19.9 Å². The fourth-order valence-electron chi connectivity index (χ4n) is 6.76. The van der Waals surface area contributed by atoms with Crippen LogP contribution in [-0.4, -0.2) is 65.8 Å². The lowest BCUT2D eigenvalue weighted by Gasteiger charge is -2.32. The molecule has 0 unspecified atom stereocenters. The van der Waals surface area contributed by atoms with E-state index in [0.29, 0.717) is 35.8 Å². The molecule has 1 N–H and O–H groups in total. The summed E-state index contributed by atoms with van der Waals surface area (Å²) in [6, 6.07) is 12.3. The minimum atomic E-state index is -4.66. The Kier molecular flexibility index (Phi) is 10.0. The number of anilines is 2. The molecular weight excluding hydrogens is 595 g/mol. The first kappa shape index (κ1) is 33.4. The lowest BCUT2D eigenvalue weighted by molar-refractivity contribution is -0.139. The SMILES string of the molecule is COc1cc(C(=O)CC2CCN(C)CC2)ccc1Nc1ncc(C(F)(F)F)c(C[C@@H]2Cc3ccccc3[C@H]2N(C)C(=O)C(C)C)n1. The van der Waals surface area contributed by atoms with Crippen molar-refractivity contribution in [2.45, 2.75) is 58.2 Å². The molecule has 1 amide bonds. The van der Waals surface area contributed by atoms with Gasteiger partial charge in [-0.2, -0.15) is 13.2 Å². The number of ketones is 1. The van der Waals surface area contributed by atoms with Gasteiger partial charge in [0.1, 0.15) is 5.75 Å². The fraction of sp³-hybridized carbons (Fsp3) is 0.486. The highest BCUT2D eigenvalue weighted by molar-refractivity contribution is 5.97. The molecule has 1 saturated heterocycles. The van der Waals surface area contributed by atoms with E-state index >= 15 is 0 Å². The fourth-order valence-corrected chi connectivity index (χ4v) is 6.76. The van der Waals surface area contributed by atoms with Crippen LogP contribution in [0.15, 0.2) is 48.7 Å². The van der Waals surface area contributed by atoms with E-state index in [1.54, 1.807) is 30.1 Å². The van der Waals surface area contributed by atoms with Crippen molar-refractivity contribution in [1.29, 1.82) is 0 Å². The van der Waals surface area contributed by atoms with Gasteiger partial charge in [-0.25, -0.2) is 9.97 Å². The predicted molar refractivity (Wildman–Crippen MR) is 170 cm³/mol. The van der Waals surface area contributed by atoms with Crippen LogP contribution in [0.1, 0.15) is 71.9 Å². The number of ether oxygens (including phenoxy) is 1. The van der Waals surface area contributed by atoms with Crippen LogP contribution in [0.5, 0.6) is 5.75 Å². The Hall–Kier alpha value is -3.99. The first-order chi connectivity index (χ1) is 21.8. The van der Waals surface area contributed by atoms with Crippen molar-refractivity contribution in [2.75, 3.05) is 39.6 Å². The second kappa shape index (κ2) is 13.8. The molecule has 11 heteroatoms. The number of methoxy groups -OCH3 is 1. The number of Topliss-reactive ketones (excluding diaryl/α,β-unsaturated/α-hetero) is 1. The molecule has 3 aromatic rings. The van der Waals surface area contributed by atoms with Crippen molar-refractivity contribution in [3.8, 4) is 5.75 Å². The van der Waals surface area contributed by atoms with Crippen LogP contribution in [0.2, 0.25) is 0 Å². The number of benzene rings is 2. The molecule has 1 fully saturated rings. The number of aromatic nitrogens is 2. The smallest absolute Gasteiger partial charge is 0.419 e. The van der Waals surface area contributed by atoms with Gasteiger partial charge in [0.25, 0.3) is 0 Å². The molecule has 2 aromatic carbocycles. The van der Waals surface area contributed by atoms with E-state index in [4.69, 9.17) is 4.74 Å². The van der Waals surface area contributed by atoms with Crippen molar-refractivity contribution < 1.29 is 27.5 Å². The summed E-state index contributed by atoms with van der Waals surface area (Å²) in [5.41, 5.74) is 1.84. The average Bonchev–Trinajstić information content (AvgIpc) is 3.38. The van der Waals surface area contributed by atoms with Crippen LogP contribution >= 0.6 is 0 Å².